The van der Waals surface area contributed by atoms with Crippen molar-refractivity contribution in [2.45, 2.75) is 62.9 Å². The first-order chi connectivity index (χ1) is 24.3. The molecule has 2 fully saturated rings. The van der Waals surface area contributed by atoms with Crippen LogP contribution in [0.1, 0.15) is 47.8 Å². The summed E-state index contributed by atoms with van der Waals surface area (Å²) in [7, 11) is -5.38. The highest BCUT2D eigenvalue weighted by molar-refractivity contribution is 7.89. The van der Waals surface area contributed by atoms with Gasteiger partial charge in [-0.15, -0.1) is 0 Å². The van der Waals surface area contributed by atoms with Crippen molar-refractivity contribution in [3.63, 3.8) is 0 Å². The van der Waals surface area contributed by atoms with Crippen molar-refractivity contribution in [3.8, 4) is 0 Å². The Hall–Kier alpha value is -3.03. The average Bonchev–Trinajstić information content (AvgIpc) is 3.71. The van der Waals surface area contributed by atoms with Crippen molar-refractivity contribution >= 4 is 27.1 Å². The number of hydrogen-bond acceptors (Lipinski definition) is 9. The van der Waals surface area contributed by atoms with Crippen LogP contribution in [-0.4, -0.2) is 79.8 Å². The van der Waals surface area contributed by atoms with Gasteiger partial charge in [0.05, 0.1) is 45.9 Å². The second-order valence-corrected chi connectivity index (χ2v) is 11.4. The highest BCUT2D eigenvalue weighted by atomic mass is 32.2. The minimum atomic E-state index is -5.38. The minimum absolute atomic E-state index is 0.0896. The Labute approximate surface area is 256 Å². The number of aliphatic hydroxyl groups excluding tert-OH is 1. The van der Waals surface area contributed by atoms with Crippen LogP contribution in [0.4, 0.5) is 4.79 Å². The second-order valence-electron chi connectivity index (χ2n) is 9.56. The number of nitrogens with zero attached hydrogens (tertiary/aromatic N) is 2. The van der Waals surface area contributed by atoms with Crippen molar-refractivity contribution in [3.05, 3.63) is 59.8 Å². The minimum Gasteiger partial charge on any atom is -0.443 e. The molecular weight excluding hydrogens is 550 g/mol. The quantitative estimate of drug-likeness (QED) is 0.340. The Kier molecular flexibility index (Phi) is 5.41. The molecular formula is C29H37N3O8S. The van der Waals surface area contributed by atoms with Crippen molar-refractivity contribution in [2.24, 2.45) is 11.8 Å². The highest BCUT2D eigenvalue weighted by Crippen LogP contribution is 2.33. The number of nitrogens with one attached hydrogen (secondary N) is 1. The lowest BCUT2D eigenvalue weighted by molar-refractivity contribution is -0.0907. The summed E-state index contributed by atoms with van der Waals surface area (Å²) >= 11 is 0. The van der Waals surface area contributed by atoms with Crippen LogP contribution < -0.4 is 5.32 Å². The molecule has 1 amide bonds. The number of alkyl carbamates (subject to hydrolysis) is 1. The molecule has 0 saturated carbocycles. The monoisotopic (exact) mass is 599 g/mol. The first kappa shape index (κ1) is 17.8. The van der Waals surface area contributed by atoms with Crippen molar-refractivity contribution in [2.75, 3.05) is 26.2 Å². The number of ether oxygens (including phenoxy) is 3. The van der Waals surface area contributed by atoms with E-state index in [0.717, 1.165) is 12.1 Å². The predicted molar refractivity (Wildman–Crippen MR) is 149 cm³/mol. The molecule has 0 radical (unpaired) electrons. The number of carbonyl (C=O) groups is 1. The van der Waals surface area contributed by atoms with Gasteiger partial charge in [-0.25, -0.2) is 13.2 Å². The van der Waals surface area contributed by atoms with E-state index in [1.807, 2.05) is 0 Å². The van der Waals surface area contributed by atoms with Crippen LogP contribution in [-0.2, 0) is 30.7 Å². The summed E-state index contributed by atoms with van der Waals surface area (Å²) in [6.07, 6.45) is -7.73. The number of fused-ring (bicyclic) bond motifs is 2. The molecule has 2 aliphatic rings. The number of aliphatic hydroxyl groups is 1. The molecule has 2 aromatic carbocycles. The van der Waals surface area contributed by atoms with Crippen LogP contribution in [0.3, 0.4) is 0 Å². The summed E-state index contributed by atoms with van der Waals surface area (Å²) in [6.45, 7) is -14.8. The number of sulfonamides is 1. The molecule has 2 N–H and O–H groups in total. The number of aromatic nitrogens is 1. The first-order valence-electron chi connectivity index (χ1n) is 18.7. The van der Waals surface area contributed by atoms with Crippen LogP contribution in [0.15, 0.2) is 57.9 Å². The van der Waals surface area contributed by atoms with E-state index >= 15 is 0 Å². The molecule has 0 bridgehead atoms. The second kappa shape index (κ2) is 12.5. The maximum atomic E-state index is 14.4. The molecule has 3 aromatic rings. The summed E-state index contributed by atoms with van der Waals surface area (Å²) in [5.41, 5.74) is 0.768. The zero-order chi connectivity index (χ0) is 39.6. The van der Waals surface area contributed by atoms with E-state index in [-0.39, 0.29) is 40.4 Å². The van der Waals surface area contributed by atoms with E-state index in [1.54, 1.807) is 30.3 Å². The van der Waals surface area contributed by atoms with Gasteiger partial charge in [-0.3, -0.25) is 0 Å². The molecule has 2 aliphatic heterocycles. The molecule has 0 aliphatic carbocycles. The average molecular weight is 600 g/mol. The van der Waals surface area contributed by atoms with Crippen molar-refractivity contribution in [1.82, 2.24) is 14.8 Å². The van der Waals surface area contributed by atoms with Crippen LogP contribution in [0.2, 0.25) is 0 Å². The summed E-state index contributed by atoms with van der Waals surface area (Å²) in [4.78, 5) is 12.7. The Morgan fingerprint density at radius 1 is 1.34 bits per heavy atom. The molecule has 0 unspecified atom stereocenters. The predicted octanol–water partition coefficient (Wildman–Crippen LogP) is 3.24. The maximum absolute atomic E-state index is 14.4. The van der Waals surface area contributed by atoms with Gasteiger partial charge < -0.3 is 29.2 Å². The number of benzene rings is 2. The summed E-state index contributed by atoms with van der Waals surface area (Å²) in [5, 5.41) is 17.9. The zero-order valence-corrected chi connectivity index (χ0v) is 22.7. The summed E-state index contributed by atoms with van der Waals surface area (Å²) < 4.78 is 149. The van der Waals surface area contributed by atoms with Crippen molar-refractivity contribution in [1.29, 1.82) is 0 Å². The number of carbonyl (C=O) groups excluding carboxylic acids is 1. The van der Waals surface area contributed by atoms with Crippen LogP contribution in [0.5, 0.6) is 0 Å². The number of hydrogen-bond donors (Lipinski definition) is 2. The molecule has 5 rings (SSSR count). The fourth-order valence-corrected chi connectivity index (χ4v) is 5.93. The van der Waals surface area contributed by atoms with Gasteiger partial charge >= 0.3 is 6.09 Å². The maximum Gasteiger partial charge on any atom is 0.407 e. The van der Waals surface area contributed by atoms with E-state index in [0.29, 0.717) is 5.56 Å². The largest absolute Gasteiger partial charge is 0.443 e. The third-order valence-corrected chi connectivity index (χ3v) is 8.39. The van der Waals surface area contributed by atoms with Gasteiger partial charge in [0, 0.05) is 30.8 Å². The number of aryl methyl sites for hydroxylation is 1. The Morgan fingerprint density at radius 3 is 2.93 bits per heavy atom. The van der Waals surface area contributed by atoms with E-state index in [4.69, 9.17) is 35.2 Å². The molecule has 2 saturated heterocycles. The smallest absolute Gasteiger partial charge is 0.407 e. The fourth-order valence-electron chi connectivity index (χ4n) is 4.61. The molecule has 11 nitrogen and oxygen atoms in total. The van der Waals surface area contributed by atoms with Gasteiger partial charge in [0.15, 0.2) is 11.9 Å². The zero-order valence-electron chi connectivity index (χ0n) is 33.9. The lowest BCUT2D eigenvalue weighted by atomic mass is 10.0. The lowest BCUT2D eigenvalue weighted by Crippen LogP contribution is -2.51. The van der Waals surface area contributed by atoms with Gasteiger partial charge in [-0.05, 0) is 49.4 Å². The SMILES string of the molecule is [2H]C([2H])([2H])C([2H])(C([2H])([2H])[2H])C([2H])([2H])N(C[C@@H](O)[C@H](Cc1ccccc1)NC(=O)O[C@]1([2H])[C@@H]2CCO[C@@H]2OC1([2H])[2H])S(=O)(=O)c1ccc2onc(C)c2c1. The Morgan fingerprint density at radius 2 is 2.15 bits per heavy atom. The topological polar surface area (TPSA) is 140 Å². The molecule has 12 heteroatoms. The van der Waals surface area contributed by atoms with E-state index < -0.39 is 90.6 Å². The summed E-state index contributed by atoms with van der Waals surface area (Å²) in [6, 6.07) is 9.47. The molecule has 0 spiro atoms. The normalized spacial score (nSPS) is 30.8. The van der Waals surface area contributed by atoms with Crippen LogP contribution in [0.25, 0.3) is 11.0 Å². The highest BCUT2D eigenvalue weighted by Gasteiger charge is 2.44. The standard InChI is InChI=1S/C29H37N3O8S/c1-18(2)15-32(41(35,36)21-9-10-26-23(14-21)19(3)31-40-26)16-25(33)24(13-20-7-5-4-6-8-20)30-29(34)39-27-17-38-28-22(27)11-12-37-28/h4-10,14,18,22,24-25,27-28,33H,11-13,15-17H2,1-3H3,(H,30,34)/t22-,24-,25+,27-,28+/m0/s1/i1D3,2D3,15D2,17D2,18D,27D. The summed E-state index contributed by atoms with van der Waals surface area (Å²) in [5.74, 6) is -5.20. The first-order valence-corrected chi connectivity index (χ1v) is 14.1. The lowest BCUT2D eigenvalue weighted by Gasteiger charge is -2.31. The fraction of sp³-hybridized carbons (Fsp3) is 0.517. The van der Waals surface area contributed by atoms with Gasteiger partial charge in [0.2, 0.25) is 10.0 Å². The van der Waals surface area contributed by atoms with Gasteiger partial charge in [-0.2, -0.15) is 4.31 Å². The Balaban J connectivity index is 1.57. The molecule has 3 heterocycles. The van der Waals surface area contributed by atoms with E-state index in [1.165, 1.54) is 13.0 Å². The van der Waals surface area contributed by atoms with Gasteiger partial charge in [-0.1, -0.05) is 49.2 Å². The molecule has 1 aromatic heterocycles. The van der Waals surface area contributed by atoms with Crippen molar-refractivity contribution < 1.29 is 53.5 Å². The Bertz CT molecular complexity index is 1910. The molecule has 5 atom stereocenters. The van der Waals surface area contributed by atoms with Crippen LogP contribution >= 0.6 is 0 Å². The molecule has 41 heavy (non-hydrogen) atoms. The van der Waals surface area contributed by atoms with Gasteiger partial charge in [0.25, 0.3) is 0 Å². The molecule has 222 valence electrons. The van der Waals surface area contributed by atoms with E-state index in [9.17, 15) is 18.3 Å². The van der Waals surface area contributed by atoms with Crippen LogP contribution in [0, 0.1) is 18.7 Å². The number of rotatable bonds is 11. The van der Waals surface area contributed by atoms with E-state index in [2.05, 4.69) is 10.5 Å². The third kappa shape index (κ3) is 6.73. The van der Waals surface area contributed by atoms with Gasteiger partial charge in [0.1, 0.15) is 6.08 Å². The number of amides is 1. The third-order valence-electron chi connectivity index (χ3n) is 6.72.